The number of rotatable bonds is 6. The second-order valence-corrected chi connectivity index (χ2v) is 6.15. The van der Waals surface area contributed by atoms with Crippen LogP contribution < -0.4 is 14.8 Å². The van der Waals surface area contributed by atoms with E-state index >= 15 is 0 Å². The fraction of sp³-hybridized carbons (Fsp3) is 0.176. The Bertz CT molecular complexity index is 902. The third-order valence-corrected chi connectivity index (χ3v) is 4.22. The quantitative estimate of drug-likeness (QED) is 0.585. The van der Waals surface area contributed by atoms with Gasteiger partial charge in [-0.1, -0.05) is 12.1 Å². The first-order valence-electron chi connectivity index (χ1n) is 7.59. The van der Waals surface area contributed by atoms with Gasteiger partial charge in [0.25, 0.3) is 11.3 Å². The Balaban J connectivity index is 1.82. The lowest BCUT2D eigenvalue weighted by Crippen LogP contribution is -2.09. The molecule has 2 aromatic carbocycles. The van der Waals surface area contributed by atoms with Crippen molar-refractivity contribution in [2.45, 2.75) is 13.0 Å². The molecule has 25 heavy (non-hydrogen) atoms. The molecular weight excluding hydrogens is 340 g/mol. The van der Waals surface area contributed by atoms with Crippen molar-refractivity contribution in [1.29, 1.82) is 0 Å². The number of anilines is 2. The minimum Gasteiger partial charge on any atom is -0.497 e. The maximum atomic E-state index is 10.8. The van der Waals surface area contributed by atoms with Gasteiger partial charge in [0, 0.05) is 23.2 Å². The molecule has 3 aromatic rings. The van der Waals surface area contributed by atoms with Crippen LogP contribution in [0.2, 0.25) is 0 Å². The number of methoxy groups -OCH3 is 1. The molecule has 2 unspecified atom stereocenters. The maximum absolute atomic E-state index is 10.8. The van der Waals surface area contributed by atoms with E-state index in [4.69, 9.17) is 9.29 Å². The Labute approximate surface area is 147 Å². The van der Waals surface area contributed by atoms with Crippen LogP contribution in [0.25, 0.3) is 10.9 Å². The number of aromatic nitrogens is 2. The molecule has 0 fully saturated rings. The average molecular weight is 358 g/mol. The molecular formula is C17H18N4O3S. The molecule has 130 valence electrons. The van der Waals surface area contributed by atoms with Crippen LogP contribution in [0.1, 0.15) is 18.5 Å². The molecule has 0 bridgehead atoms. The molecule has 3 rings (SSSR count). The second kappa shape index (κ2) is 7.45. The van der Waals surface area contributed by atoms with Crippen LogP contribution in [0, 0.1) is 0 Å². The molecule has 2 atom stereocenters. The summed E-state index contributed by atoms with van der Waals surface area (Å²) in [5.74, 6) is 1.48. The Morgan fingerprint density at radius 3 is 2.60 bits per heavy atom. The van der Waals surface area contributed by atoms with E-state index in [-0.39, 0.29) is 6.04 Å². The van der Waals surface area contributed by atoms with Gasteiger partial charge >= 0.3 is 0 Å². The van der Waals surface area contributed by atoms with Gasteiger partial charge < -0.3 is 10.1 Å². The molecule has 0 aliphatic carbocycles. The van der Waals surface area contributed by atoms with Gasteiger partial charge in [0.15, 0.2) is 0 Å². The number of benzene rings is 2. The number of ether oxygens (including phenoxy) is 1. The SMILES string of the molecule is COc1ccc2c(NC(C)c3ccc(NS(=O)O)cc3)ncnc2c1. The van der Waals surface area contributed by atoms with E-state index in [1.54, 1.807) is 19.2 Å². The summed E-state index contributed by atoms with van der Waals surface area (Å²) in [5, 5.41) is 4.28. The Morgan fingerprint density at radius 2 is 1.92 bits per heavy atom. The minimum atomic E-state index is -2.08. The lowest BCUT2D eigenvalue weighted by molar-refractivity contribution is 0.415. The molecule has 7 nitrogen and oxygen atoms in total. The van der Waals surface area contributed by atoms with E-state index in [1.165, 1.54) is 6.33 Å². The lowest BCUT2D eigenvalue weighted by Gasteiger charge is -2.16. The highest BCUT2D eigenvalue weighted by atomic mass is 32.2. The van der Waals surface area contributed by atoms with Gasteiger partial charge in [-0.2, -0.15) is 0 Å². The fourth-order valence-corrected chi connectivity index (χ4v) is 2.85. The van der Waals surface area contributed by atoms with Crippen molar-refractivity contribution in [3.05, 3.63) is 54.4 Å². The Kier molecular flexibility index (Phi) is 5.11. The summed E-state index contributed by atoms with van der Waals surface area (Å²) < 4.78 is 27.3. The first-order chi connectivity index (χ1) is 12.1. The van der Waals surface area contributed by atoms with Crippen LogP contribution in [-0.2, 0) is 11.3 Å². The highest BCUT2D eigenvalue weighted by Gasteiger charge is 2.10. The molecule has 1 heterocycles. The van der Waals surface area contributed by atoms with Crippen molar-refractivity contribution in [2.24, 2.45) is 0 Å². The summed E-state index contributed by atoms with van der Waals surface area (Å²) in [6.07, 6.45) is 1.51. The van der Waals surface area contributed by atoms with Crippen LogP contribution >= 0.6 is 0 Å². The molecule has 0 saturated carbocycles. The average Bonchev–Trinajstić information content (AvgIpc) is 2.61. The molecule has 0 amide bonds. The monoisotopic (exact) mass is 358 g/mol. The number of hydrogen-bond donors (Lipinski definition) is 3. The van der Waals surface area contributed by atoms with Gasteiger partial charge in [-0.15, -0.1) is 0 Å². The van der Waals surface area contributed by atoms with E-state index in [1.807, 2.05) is 37.3 Å². The van der Waals surface area contributed by atoms with Crippen LogP contribution in [0.5, 0.6) is 5.75 Å². The van der Waals surface area contributed by atoms with Crippen molar-refractivity contribution in [2.75, 3.05) is 17.1 Å². The van der Waals surface area contributed by atoms with Crippen LogP contribution in [0.15, 0.2) is 48.8 Å². The smallest absolute Gasteiger partial charge is 0.259 e. The topological polar surface area (TPSA) is 96.4 Å². The van der Waals surface area contributed by atoms with Crippen molar-refractivity contribution < 1.29 is 13.5 Å². The maximum Gasteiger partial charge on any atom is 0.259 e. The largest absolute Gasteiger partial charge is 0.497 e. The van der Waals surface area contributed by atoms with Gasteiger partial charge in [0.05, 0.1) is 12.6 Å². The highest BCUT2D eigenvalue weighted by molar-refractivity contribution is 7.80. The highest BCUT2D eigenvalue weighted by Crippen LogP contribution is 2.27. The zero-order valence-electron chi connectivity index (χ0n) is 13.8. The molecule has 8 heteroatoms. The Morgan fingerprint density at radius 1 is 1.16 bits per heavy atom. The van der Waals surface area contributed by atoms with Crippen LogP contribution in [-0.4, -0.2) is 25.8 Å². The number of hydrogen-bond acceptors (Lipinski definition) is 5. The summed E-state index contributed by atoms with van der Waals surface area (Å²) in [4.78, 5) is 8.61. The van der Waals surface area contributed by atoms with Gasteiger partial charge in [-0.3, -0.25) is 9.27 Å². The van der Waals surface area contributed by atoms with E-state index in [9.17, 15) is 4.21 Å². The summed E-state index contributed by atoms with van der Waals surface area (Å²) in [6.45, 7) is 2.02. The molecule has 0 saturated heterocycles. The number of nitrogens with one attached hydrogen (secondary N) is 2. The molecule has 0 radical (unpaired) electrons. The first kappa shape index (κ1) is 17.1. The summed E-state index contributed by atoms with van der Waals surface area (Å²) in [6, 6.07) is 12.9. The minimum absolute atomic E-state index is 0.00567. The number of fused-ring (bicyclic) bond motifs is 1. The van der Waals surface area contributed by atoms with E-state index in [0.717, 1.165) is 28.0 Å². The summed E-state index contributed by atoms with van der Waals surface area (Å²) in [7, 11) is 1.62. The van der Waals surface area contributed by atoms with Crippen molar-refractivity contribution in [3.63, 3.8) is 0 Å². The standard InChI is InChI=1S/C17H18N4O3S/c1-11(12-3-5-13(6-4-12)21-25(22)23)20-17-15-8-7-14(24-2)9-16(15)18-10-19-17/h3-11,21H,1-2H3,(H,22,23)(H,18,19,20). The van der Waals surface area contributed by atoms with E-state index in [2.05, 4.69) is 20.0 Å². The first-order valence-corrected chi connectivity index (χ1v) is 8.70. The summed E-state index contributed by atoms with van der Waals surface area (Å²) in [5.41, 5.74) is 2.40. The second-order valence-electron chi connectivity index (χ2n) is 5.44. The van der Waals surface area contributed by atoms with Gasteiger partial charge in [-0.25, -0.2) is 14.2 Å². The third-order valence-electron chi connectivity index (χ3n) is 3.81. The van der Waals surface area contributed by atoms with Gasteiger partial charge in [-0.05, 0) is 36.8 Å². The summed E-state index contributed by atoms with van der Waals surface area (Å²) >= 11 is -2.08. The molecule has 3 N–H and O–H groups in total. The fourth-order valence-electron chi connectivity index (χ4n) is 2.51. The zero-order valence-corrected chi connectivity index (χ0v) is 14.6. The predicted molar refractivity (Wildman–Crippen MR) is 99.0 cm³/mol. The van der Waals surface area contributed by atoms with Crippen molar-refractivity contribution >= 4 is 33.7 Å². The van der Waals surface area contributed by atoms with Crippen LogP contribution in [0.4, 0.5) is 11.5 Å². The van der Waals surface area contributed by atoms with E-state index < -0.39 is 11.3 Å². The van der Waals surface area contributed by atoms with Gasteiger partial charge in [0.1, 0.15) is 17.9 Å². The molecule has 1 aromatic heterocycles. The molecule has 0 spiro atoms. The Hall–Kier alpha value is -2.71. The van der Waals surface area contributed by atoms with E-state index in [0.29, 0.717) is 5.69 Å². The normalized spacial score (nSPS) is 13.2. The van der Waals surface area contributed by atoms with Gasteiger partial charge in [0.2, 0.25) is 0 Å². The van der Waals surface area contributed by atoms with Crippen molar-refractivity contribution in [1.82, 2.24) is 9.97 Å². The molecule has 0 aliphatic heterocycles. The predicted octanol–water partition coefficient (Wildman–Crippen LogP) is 3.36. The zero-order chi connectivity index (χ0) is 17.8. The third kappa shape index (κ3) is 4.04. The van der Waals surface area contributed by atoms with Crippen LogP contribution in [0.3, 0.4) is 0 Å². The lowest BCUT2D eigenvalue weighted by atomic mass is 10.1. The molecule has 0 aliphatic rings. The number of nitrogens with zero attached hydrogens (tertiary/aromatic N) is 2. The van der Waals surface area contributed by atoms with Crippen molar-refractivity contribution in [3.8, 4) is 5.75 Å².